The second-order valence-electron chi connectivity index (χ2n) is 8.57. The van der Waals surface area contributed by atoms with Crippen LogP contribution in [0.15, 0.2) is 91.1 Å². The summed E-state index contributed by atoms with van der Waals surface area (Å²) >= 11 is 0. The van der Waals surface area contributed by atoms with Gasteiger partial charge in [-0.3, -0.25) is 4.98 Å². The first-order chi connectivity index (χ1) is 17.4. The van der Waals surface area contributed by atoms with E-state index >= 15 is 0 Å². The van der Waals surface area contributed by atoms with Crippen LogP contribution in [0.3, 0.4) is 0 Å². The van der Waals surface area contributed by atoms with Gasteiger partial charge in [0.15, 0.2) is 5.75 Å². The lowest BCUT2D eigenvalue weighted by Gasteiger charge is -2.17. The minimum atomic E-state index is -1.16. The predicted octanol–water partition coefficient (Wildman–Crippen LogP) is 6.84. The molecule has 0 saturated heterocycles. The highest BCUT2D eigenvalue weighted by Crippen LogP contribution is 2.31. The van der Waals surface area contributed by atoms with Crippen LogP contribution in [-0.4, -0.2) is 22.0 Å². The van der Waals surface area contributed by atoms with Crippen molar-refractivity contribution in [3.8, 4) is 17.2 Å². The highest BCUT2D eigenvalue weighted by atomic mass is 16.5. The zero-order chi connectivity index (χ0) is 25.5. The van der Waals surface area contributed by atoms with Crippen molar-refractivity contribution in [3.63, 3.8) is 0 Å². The van der Waals surface area contributed by atoms with Gasteiger partial charge in [-0.1, -0.05) is 55.5 Å². The van der Waals surface area contributed by atoms with Crippen LogP contribution in [0.4, 0.5) is 0 Å². The van der Waals surface area contributed by atoms with Crippen LogP contribution in [0.1, 0.15) is 56.8 Å². The maximum atomic E-state index is 12.5. The third kappa shape index (κ3) is 5.96. The average Bonchev–Trinajstić information content (AvgIpc) is 2.88. The summed E-state index contributed by atoms with van der Waals surface area (Å²) in [7, 11) is 0. The molecule has 1 heterocycles. The summed E-state index contributed by atoms with van der Waals surface area (Å²) in [5.74, 6) is -0.325. The van der Waals surface area contributed by atoms with Crippen molar-refractivity contribution in [2.24, 2.45) is 0 Å². The van der Waals surface area contributed by atoms with Crippen LogP contribution >= 0.6 is 0 Å². The van der Waals surface area contributed by atoms with Gasteiger partial charge in [-0.15, -0.1) is 0 Å². The zero-order valence-corrected chi connectivity index (χ0v) is 20.2. The van der Waals surface area contributed by atoms with Gasteiger partial charge in [-0.25, -0.2) is 9.59 Å². The number of carboxylic acids is 1. The topological polar surface area (TPSA) is 85.7 Å². The minimum Gasteiger partial charge on any atom is -0.478 e. The molecule has 0 bridgehead atoms. The molecule has 0 aliphatic rings. The number of aromatic carboxylic acids is 1. The van der Waals surface area contributed by atoms with Gasteiger partial charge < -0.3 is 14.6 Å². The predicted molar refractivity (Wildman–Crippen MR) is 137 cm³/mol. The van der Waals surface area contributed by atoms with Crippen molar-refractivity contribution >= 4 is 11.9 Å². The number of ether oxygens (including phenoxy) is 2. The van der Waals surface area contributed by atoms with Crippen LogP contribution in [0.2, 0.25) is 0 Å². The number of hydrogen-bond acceptors (Lipinski definition) is 5. The van der Waals surface area contributed by atoms with Gasteiger partial charge in [0.1, 0.15) is 17.1 Å². The van der Waals surface area contributed by atoms with Crippen LogP contribution < -0.4 is 9.47 Å². The van der Waals surface area contributed by atoms with Gasteiger partial charge >= 0.3 is 11.9 Å². The van der Waals surface area contributed by atoms with E-state index < -0.39 is 11.9 Å². The van der Waals surface area contributed by atoms with E-state index in [2.05, 4.69) is 4.98 Å². The van der Waals surface area contributed by atoms with E-state index in [1.807, 2.05) is 61.5 Å². The third-order valence-corrected chi connectivity index (χ3v) is 5.96. The molecule has 1 atom stereocenters. The van der Waals surface area contributed by atoms with Crippen molar-refractivity contribution < 1.29 is 24.2 Å². The smallest absolute Gasteiger partial charge is 0.343 e. The average molecular weight is 482 g/mol. The van der Waals surface area contributed by atoms with E-state index in [0.29, 0.717) is 16.8 Å². The summed E-state index contributed by atoms with van der Waals surface area (Å²) in [6.45, 7) is 3.72. The molecular weight excluding hydrogens is 454 g/mol. The van der Waals surface area contributed by atoms with Crippen LogP contribution in [0.5, 0.6) is 17.2 Å². The molecule has 6 heteroatoms. The van der Waals surface area contributed by atoms with Crippen molar-refractivity contribution in [1.29, 1.82) is 0 Å². The Kier molecular flexibility index (Phi) is 7.75. The van der Waals surface area contributed by atoms with E-state index in [1.54, 1.807) is 37.3 Å². The van der Waals surface area contributed by atoms with E-state index in [4.69, 9.17) is 9.47 Å². The maximum absolute atomic E-state index is 12.5. The number of benzene rings is 3. The molecule has 0 radical (unpaired) electrons. The summed E-state index contributed by atoms with van der Waals surface area (Å²) in [5.41, 5.74) is 2.56. The van der Waals surface area contributed by atoms with Gasteiger partial charge in [0, 0.05) is 5.69 Å². The van der Waals surface area contributed by atoms with Crippen molar-refractivity contribution in [1.82, 2.24) is 4.98 Å². The van der Waals surface area contributed by atoms with Crippen LogP contribution in [0, 0.1) is 6.92 Å². The summed E-state index contributed by atoms with van der Waals surface area (Å²) in [5, 5.41) is 9.86. The molecule has 0 saturated carbocycles. The van der Waals surface area contributed by atoms with Gasteiger partial charge in [-0.2, -0.15) is 0 Å². The van der Waals surface area contributed by atoms with E-state index in [-0.39, 0.29) is 17.2 Å². The molecule has 0 aliphatic carbocycles. The molecule has 1 N–H and O–H groups in total. The number of carbonyl (C=O) groups is 2. The molecule has 1 aromatic heterocycles. The fraction of sp³-hybridized carbons (Fsp3) is 0.167. The number of esters is 1. The van der Waals surface area contributed by atoms with Crippen molar-refractivity contribution in [3.05, 3.63) is 119 Å². The van der Waals surface area contributed by atoms with Crippen LogP contribution in [-0.2, 0) is 6.42 Å². The Balaban J connectivity index is 1.47. The number of para-hydroxylation sites is 1. The number of nitrogens with zero attached hydrogens (tertiary/aromatic N) is 1. The summed E-state index contributed by atoms with van der Waals surface area (Å²) < 4.78 is 11.3. The number of carboxylic acid groups (broad SMARTS) is 1. The van der Waals surface area contributed by atoms with Gasteiger partial charge in [0.05, 0.1) is 11.8 Å². The number of aryl methyl sites for hydroxylation is 1. The fourth-order valence-corrected chi connectivity index (χ4v) is 4.08. The Morgan fingerprint density at radius 1 is 0.917 bits per heavy atom. The summed E-state index contributed by atoms with van der Waals surface area (Å²) in [4.78, 5) is 29.0. The number of carbonyl (C=O) groups excluding carboxylic acids is 1. The number of aromatic nitrogens is 1. The first-order valence-corrected chi connectivity index (χ1v) is 11.7. The third-order valence-electron chi connectivity index (χ3n) is 5.96. The fourth-order valence-electron chi connectivity index (χ4n) is 4.08. The Bertz CT molecular complexity index is 1350. The van der Waals surface area contributed by atoms with Crippen molar-refractivity contribution in [2.45, 2.75) is 32.6 Å². The Morgan fingerprint density at radius 2 is 1.58 bits per heavy atom. The lowest BCUT2D eigenvalue weighted by molar-refractivity contribution is 0.0679. The molecule has 36 heavy (non-hydrogen) atoms. The minimum absolute atomic E-state index is 0.0133. The number of pyridine rings is 1. The molecule has 4 aromatic rings. The van der Waals surface area contributed by atoms with Crippen LogP contribution in [0.25, 0.3) is 0 Å². The molecule has 0 amide bonds. The quantitative estimate of drug-likeness (QED) is 0.264. The Labute approximate surface area is 210 Å². The highest BCUT2D eigenvalue weighted by Gasteiger charge is 2.23. The van der Waals surface area contributed by atoms with E-state index in [9.17, 15) is 14.7 Å². The number of rotatable bonds is 9. The zero-order valence-electron chi connectivity index (χ0n) is 20.2. The molecule has 182 valence electrons. The molecule has 6 nitrogen and oxygen atoms in total. The summed E-state index contributed by atoms with van der Waals surface area (Å²) in [6, 6.07) is 26.0. The van der Waals surface area contributed by atoms with Crippen molar-refractivity contribution in [2.75, 3.05) is 0 Å². The molecule has 4 rings (SSSR count). The first kappa shape index (κ1) is 24.7. The molecule has 3 aromatic carbocycles. The molecular formula is C30H27NO5. The standard InChI is InChI=1S/C30H27NO5/c1-20(16-17-22-10-9-15-25(18-22)35-24-13-7-4-8-14-24)28-21(2)27(29(32)33)26(19-31-28)36-30(34)23-11-5-3-6-12-23/h3-15,18-20H,16-17H2,1-2H3,(H,32,33). The highest BCUT2D eigenvalue weighted by molar-refractivity contribution is 5.96. The number of hydrogen-bond donors (Lipinski definition) is 1. The summed E-state index contributed by atoms with van der Waals surface area (Å²) in [6.07, 6.45) is 2.85. The second-order valence-corrected chi connectivity index (χ2v) is 8.57. The monoisotopic (exact) mass is 481 g/mol. The van der Waals surface area contributed by atoms with Gasteiger partial charge in [0.25, 0.3) is 0 Å². The molecule has 1 unspecified atom stereocenters. The van der Waals surface area contributed by atoms with E-state index in [1.165, 1.54) is 6.20 Å². The van der Waals surface area contributed by atoms with E-state index in [0.717, 1.165) is 29.9 Å². The first-order valence-electron chi connectivity index (χ1n) is 11.7. The molecule has 0 fully saturated rings. The molecule has 0 aliphatic heterocycles. The second kappa shape index (κ2) is 11.3. The lowest BCUT2D eigenvalue weighted by atomic mass is 9.93. The molecule has 0 spiro atoms. The maximum Gasteiger partial charge on any atom is 0.343 e. The normalized spacial score (nSPS) is 11.5. The Morgan fingerprint density at radius 3 is 2.28 bits per heavy atom. The SMILES string of the molecule is Cc1c(C(C)CCc2cccc(Oc3ccccc3)c2)ncc(OC(=O)c2ccccc2)c1C(=O)O. The van der Waals surface area contributed by atoms with Gasteiger partial charge in [0.2, 0.25) is 0 Å². The Hall–Kier alpha value is -4.45. The lowest BCUT2D eigenvalue weighted by Crippen LogP contribution is -2.15. The largest absolute Gasteiger partial charge is 0.478 e. The van der Waals surface area contributed by atoms with Gasteiger partial charge in [-0.05, 0) is 73.2 Å².